The van der Waals surface area contributed by atoms with Gasteiger partial charge in [0.05, 0.1) is 24.4 Å². The molecule has 0 aromatic carbocycles. The largest absolute Gasteiger partial charge is 0.388 e. The van der Waals surface area contributed by atoms with Crippen molar-refractivity contribution >= 4 is 0 Å². The van der Waals surface area contributed by atoms with Gasteiger partial charge >= 0.3 is 0 Å². The first kappa shape index (κ1) is 27.1. The number of methoxy groups -OCH3 is 2. The molecule has 0 aromatic heterocycles. The third kappa shape index (κ3) is 5.37. The van der Waals surface area contributed by atoms with E-state index >= 15 is 0 Å². The zero-order valence-electron chi connectivity index (χ0n) is 19.5. The van der Waals surface area contributed by atoms with Crippen molar-refractivity contribution in [3.63, 3.8) is 0 Å². The number of aliphatic hydroxyl groups excluding tert-OH is 6. The predicted octanol–water partition coefficient (Wildman–Crippen LogP) is -2.52. The molecule has 2 aliphatic heterocycles. The second-order valence-electron chi connectivity index (χ2n) is 9.25. The van der Waals surface area contributed by atoms with E-state index in [1.165, 1.54) is 14.2 Å². The summed E-state index contributed by atoms with van der Waals surface area (Å²) in [4.78, 5) is 0. The standard InChI is InChI=1S/C21H38O12/c1-7-6-10(32-19-9(3)30-20(29-5)15(26)14(19)25)11(22)12(23)17(7)33-21-16(27)13(24)18(28-4)8(2)31-21/h7-27H,6H2,1-5H3/t7?,8?,9?,10-,11?,12?,13-,14-,15?,16?,17-,18-,19-,20-,21+/m1/s1. The zero-order valence-corrected chi connectivity index (χ0v) is 19.5. The van der Waals surface area contributed by atoms with E-state index in [1.54, 1.807) is 20.8 Å². The van der Waals surface area contributed by atoms with Gasteiger partial charge in [-0.25, -0.2) is 0 Å². The van der Waals surface area contributed by atoms with E-state index in [2.05, 4.69) is 0 Å². The van der Waals surface area contributed by atoms with Gasteiger partial charge in [-0.3, -0.25) is 0 Å². The quantitative estimate of drug-likeness (QED) is 0.235. The molecule has 7 unspecified atom stereocenters. The van der Waals surface area contributed by atoms with Crippen molar-refractivity contribution in [1.29, 1.82) is 0 Å². The molecule has 12 heteroatoms. The van der Waals surface area contributed by atoms with Gasteiger partial charge in [0.15, 0.2) is 12.6 Å². The molecule has 6 N–H and O–H groups in total. The highest BCUT2D eigenvalue weighted by Gasteiger charge is 2.51. The number of aliphatic hydroxyl groups is 6. The minimum Gasteiger partial charge on any atom is -0.388 e. The molecule has 15 atom stereocenters. The Labute approximate surface area is 192 Å². The van der Waals surface area contributed by atoms with Crippen molar-refractivity contribution in [2.75, 3.05) is 14.2 Å². The second-order valence-corrected chi connectivity index (χ2v) is 9.25. The van der Waals surface area contributed by atoms with E-state index < -0.39 is 85.8 Å². The molecule has 0 spiro atoms. The first-order chi connectivity index (χ1) is 15.5. The number of rotatable bonds is 6. The minimum atomic E-state index is -1.41. The summed E-state index contributed by atoms with van der Waals surface area (Å²) < 4.78 is 33.1. The third-order valence-corrected chi connectivity index (χ3v) is 6.91. The molecule has 3 fully saturated rings. The van der Waals surface area contributed by atoms with Crippen LogP contribution in [0.3, 0.4) is 0 Å². The Morgan fingerprint density at radius 3 is 1.70 bits per heavy atom. The lowest BCUT2D eigenvalue weighted by molar-refractivity contribution is -0.332. The molecule has 2 saturated heterocycles. The summed E-state index contributed by atoms with van der Waals surface area (Å²) in [6, 6.07) is 0. The van der Waals surface area contributed by atoms with Crippen LogP contribution in [0, 0.1) is 5.92 Å². The van der Waals surface area contributed by atoms with Crippen LogP contribution in [0.5, 0.6) is 0 Å². The molecular formula is C21H38O12. The Bertz CT molecular complexity index is 624. The Morgan fingerprint density at radius 2 is 1.09 bits per heavy atom. The van der Waals surface area contributed by atoms with Crippen LogP contribution in [-0.4, -0.2) is 131 Å². The lowest BCUT2D eigenvalue weighted by Gasteiger charge is -2.48. The molecule has 0 amide bonds. The van der Waals surface area contributed by atoms with Crippen LogP contribution in [0.25, 0.3) is 0 Å². The molecule has 0 bridgehead atoms. The SMILES string of the molecule is CO[C@@H]1OC(C)[C@@H](O[C@@H]2CC(C)[C@@H](O[C@@H]3OC(C)[C@@H](OC)[C@H](O)C3O)C(O)C2O)[C@H](O)C1O. The van der Waals surface area contributed by atoms with Crippen molar-refractivity contribution in [2.24, 2.45) is 5.92 Å². The minimum absolute atomic E-state index is 0.240. The van der Waals surface area contributed by atoms with Crippen molar-refractivity contribution < 1.29 is 59.1 Å². The van der Waals surface area contributed by atoms with Crippen molar-refractivity contribution in [2.45, 2.75) is 113 Å². The van der Waals surface area contributed by atoms with E-state index in [1.807, 2.05) is 0 Å². The van der Waals surface area contributed by atoms with Gasteiger partial charge in [0, 0.05) is 14.2 Å². The van der Waals surface area contributed by atoms with Gasteiger partial charge in [-0.2, -0.15) is 0 Å². The van der Waals surface area contributed by atoms with Crippen molar-refractivity contribution in [1.82, 2.24) is 0 Å². The highest BCUT2D eigenvalue weighted by molar-refractivity contribution is 4.97. The number of hydrogen-bond acceptors (Lipinski definition) is 12. The van der Waals surface area contributed by atoms with Gasteiger partial charge in [0.2, 0.25) is 0 Å². The molecule has 12 nitrogen and oxygen atoms in total. The van der Waals surface area contributed by atoms with Crippen LogP contribution < -0.4 is 0 Å². The molecule has 3 rings (SSSR count). The molecular weight excluding hydrogens is 444 g/mol. The fraction of sp³-hybridized carbons (Fsp3) is 1.00. The summed E-state index contributed by atoms with van der Waals surface area (Å²) >= 11 is 0. The van der Waals surface area contributed by atoms with Crippen LogP contribution in [0.2, 0.25) is 0 Å². The molecule has 194 valence electrons. The molecule has 1 saturated carbocycles. The summed E-state index contributed by atoms with van der Waals surface area (Å²) in [6.07, 6.45) is -14.9. The van der Waals surface area contributed by atoms with Gasteiger partial charge in [-0.1, -0.05) is 6.92 Å². The van der Waals surface area contributed by atoms with Crippen LogP contribution in [0.15, 0.2) is 0 Å². The van der Waals surface area contributed by atoms with Crippen LogP contribution in [-0.2, 0) is 28.4 Å². The maximum Gasteiger partial charge on any atom is 0.186 e. The summed E-state index contributed by atoms with van der Waals surface area (Å²) in [5, 5.41) is 62.8. The predicted molar refractivity (Wildman–Crippen MR) is 110 cm³/mol. The van der Waals surface area contributed by atoms with E-state index in [4.69, 9.17) is 28.4 Å². The van der Waals surface area contributed by atoms with E-state index in [0.29, 0.717) is 0 Å². The Hall–Kier alpha value is -0.480. The third-order valence-electron chi connectivity index (χ3n) is 6.91. The Kier molecular flexibility index (Phi) is 9.09. The van der Waals surface area contributed by atoms with Crippen molar-refractivity contribution in [3.8, 4) is 0 Å². The normalized spacial score (nSPS) is 53.7. The second kappa shape index (κ2) is 11.1. The van der Waals surface area contributed by atoms with Crippen LogP contribution in [0.4, 0.5) is 0 Å². The maximum atomic E-state index is 10.8. The number of hydrogen-bond donors (Lipinski definition) is 6. The van der Waals surface area contributed by atoms with Gasteiger partial charge < -0.3 is 59.1 Å². The fourth-order valence-corrected chi connectivity index (χ4v) is 4.93. The maximum absolute atomic E-state index is 10.8. The van der Waals surface area contributed by atoms with E-state index in [-0.39, 0.29) is 12.3 Å². The monoisotopic (exact) mass is 482 g/mol. The summed E-state index contributed by atoms with van der Waals surface area (Å²) in [7, 11) is 2.74. The molecule has 1 aliphatic carbocycles. The van der Waals surface area contributed by atoms with Gasteiger partial charge in [0.1, 0.15) is 48.8 Å². The Morgan fingerprint density at radius 1 is 0.576 bits per heavy atom. The molecule has 33 heavy (non-hydrogen) atoms. The molecule has 2 heterocycles. The Balaban J connectivity index is 1.64. The average Bonchev–Trinajstić information content (AvgIpc) is 2.78. The smallest absolute Gasteiger partial charge is 0.186 e. The highest BCUT2D eigenvalue weighted by atomic mass is 16.7. The first-order valence-electron chi connectivity index (χ1n) is 11.3. The number of ether oxygens (including phenoxy) is 6. The molecule has 3 aliphatic rings. The summed E-state index contributed by atoms with van der Waals surface area (Å²) in [5.41, 5.74) is 0. The zero-order chi connectivity index (χ0) is 24.6. The first-order valence-corrected chi connectivity index (χ1v) is 11.3. The lowest BCUT2D eigenvalue weighted by atomic mass is 9.81. The van der Waals surface area contributed by atoms with Crippen molar-refractivity contribution in [3.05, 3.63) is 0 Å². The van der Waals surface area contributed by atoms with Gasteiger partial charge in [0.25, 0.3) is 0 Å². The molecule has 0 radical (unpaired) electrons. The highest BCUT2D eigenvalue weighted by Crippen LogP contribution is 2.35. The van der Waals surface area contributed by atoms with E-state index in [9.17, 15) is 30.6 Å². The fourth-order valence-electron chi connectivity index (χ4n) is 4.93. The lowest BCUT2D eigenvalue weighted by Crippen LogP contribution is -2.63. The van der Waals surface area contributed by atoms with Gasteiger partial charge in [-0.05, 0) is 26.2 Å². The topological polar surface area (TPSA) is 177 Å². The molecule has 0 aromatic rings. The summed E-state index contributed by atoms with van der Waals surface area (Å²) in [5.74, 6) is -0.356. The van der Waals surface area contributed by atoms with Crippen LogP contribution >= 0.6 is 0 Å². The van der Waals surface area contributed by atoms with E-state index in [0.717, 1.165) is 0 Å². The average molecular weight is 483 g/mol. The van der Waals surface area contributed by atoms with Crippen LogP contribution in [0.1, 0.15) is 27.2 Å². The summed E-state index contributed by atoms with van der Waals surface area (Å²) in [6.45, 7) is 5.09. The van der Waals surface area contributed by atoms with Gasteiger partial charge in [-0.15, -0.1) is 0 Å².